The molecule has 5 rings (SSSR count). The SMILES string of the molecule is Cc1cc([C@H]2CN(c3ncc(C(=O)N(C)C4CCN(c5nc(C(C)(C)C)no5)CC4)cn3)C[C@@H]2NC(=O)OC(C)(C)C)c(F)cc1F. The number of nitrogens with one attached hydrogen (secondary N) is 1. The van der Waals surface area contributed by atoms with Crippen LogP contribution in [0.4, 0.5) is 25.5 Å². The number of hydrogen-bond donors (Lipinski definition) is 1. The summed E-state index contributed by atoms with van der Waals surface area (Å²) in [5.41, 5.74) is -0.0196. The summed E-state index contributed by atoms with van der Waals surface area (Å²) in [5.74, 6) is -1.09. The smallest absolute Gasteiger partial charge is 0.407 e. The van der Waals surface area contributed by atoms with Crippen molar-refractivity contribution in [3.8, 4) is 0 Å². The van der Waals surface area contributed by atoms with Crippen molar-refractivity contribution in [3.63, 3.8) is 0 Å². The van der Waals surface area contributed by atoms with Crippen LogP contribution in [0.3, 0.4) is 0 Å². The van der Waals surface area contributed by atoms with Crippen molar-refractivity contribution >= 4 is 24.0 Å². The second-order valence-electron chi connectivity index (χ2n) is 14.4. The summed E-state index contributed by atoms with van der Waals surface area (Å²) in [6.07, 6.45) is 3.78. The Morgan fingerprint density at radius 3 is 2.26 bits per heavy atom. The topological polar surface area (TPSA) is 130 Å². The first-order valence-corrected chi connectivity index (χ1v) is 15.9. The van der Waals surface area contributed by atoms with E-state index in [1.165, 1.54) is 18.5 Å². The van der Waals surface area contributed by atoms with E-state index in [1.54, 1.807) is 44.5 Å². The minimum absolute atomic E-state index is 0.0107. The van der Waals surface area contributed by atoms with Gasteiger partial charge in [-0.3, -0.25) is 4.79 Å². The van der Waals surface area contributed by atoms with E-state index in [2.05, 4.69) is 25.4 Å². The molecule has 2 fully saturated rings. The third-order valence-corrected chi connectivity index (χ3v) is 8.56. The van der Waals surface area contributed by atoms with Gasteiger partial charge in [-0.1, -0.05) is 25.9 Å². The normalized spacial score (nSPS) is 19.2. The maximum Gasteiger partial charge on any atom is 0.407 e. The lowest BCUT2D eigenvalue weighted by Gasteiger charge is -2.35. The number of hydrogen-bond acceptors (Lipinski definition) is 10. The molecule has 14 heteroatoms. The van der Waals surface area contributed by atoms with E-state index in [1.807, 2.05) is 25.7 Å². The van der Waals surface area contributed by atoms with Crippen LogP contribution in [-0.2, 0) is 10.2 Å². The molecule has 4 heterocycles. The minimum atomic E-state index is -0.727. The number of nitrogens with zero attached hydrogens (tertiary/aromatic N) is 7. The predicted molar refractivity (Wildman–Crippen MR) is 172 cm³/mol. The van der Waals surface area contributed by atoms with Gasteiger partial charge in [0.25, 0.3) is 5.91 Å². The largest absolute Gasteiger partial charge is 0.444 e. The van der Waals surface area contributed by atoms with Crippen molar-refractivity contribution in [2.75, 3.05) is 43.0 Å². The van der Waals surface area contributed by atoms with Gasteiger partial charge >= 0.3 is 12.1 Å². The van der Waals surface area contributed by atoms with Gasteiger partial charge in [0.2, 0.25) is 5.95 Å². The average Bonchev–Trinajstić information content (AvgIpc) is 3.66. The Morgan fingerprint density at radius 1 is 1.00 bits per heavy atom. The van der Waals surface area contributed by atoms with E-state index < -0.39 is 35.3 Å². The van der Waals surface area contributed by atoms with Gasteiger partial charge in [0.05, 0.1) is 11.6 Å². The fourth-order valence-electron chi connectivity index (χ4n) is 5.91. The van der Waals surface area contributed by atoms with Crippen LogP contribution in [-0.4, -0.2) is 87.9 Å². The van der Waals surface area contributed by atoms with Crippen molar-refractivity contribution in [2.45, 2.75) is 90.3 Å². The molecule has 2 aliphatic heterocycles. The highest BCUT2D eigenvalue weighted by molar-refractivity contribution is 5.93. The number of alkyl carbamates (subject to hydrolysis) is 1. The summed E-state index contributed by atoms with van der Waals surface area (Å²) in [5, 5.41) is 6.97. The number of amides is 2. The Balaban J connectivity index is 1.25. The number of piperidine rings is 1. The quantitative estimate of drug-likeness (QED) is 0.389. The molecule has 12 nitrogen and oxygen atoms in total. The minimum Gasteiger partial charge on any atom is -0.444 e. The molecule has 2 aliphatic rings. The average molecular weight is 655 g/mol. The summed E-state index contributed by atoms with van der Waals surface area (Å²) in [6.45, 7) is 14.8. The zero-order valence-corrected chi connectivity index (χ0v) is 28.3. The van der Waals surface area contributed by atoms with Gasteiger partial charge in [-0.15, -0.1) is 0 Å². The molecule has 0 aliphatic carbocycles. The van der Waals surface area contributed by atoms with Gasteiger partial charge in [-0.2, -0.15) is 4.98 Å². The number of anilines is 2. The third kappa shape index (κ3) is 7.79. The second-order valence-corrected chi connectivity index (χ2v) is 14.4. The van der Waals surface area contributed by atoms with E-state index in [0.717, 1.165) is 18.9 Å². The molecule has 2 saturated heterocycles. The van der Waals surface area contributed by atoms with Crippen molar-refractivity contribution < 1.29 is 27.6 Å². The molecule has 0 saturated carbocycles. The predicted octanol–water partition coefficient (Wildman–Crippen LogP) is 4.98. The van der Waals surface area contributed by atoms with Crippen LogP contribution in [0.2, 0.25) is 0 Å². The molecule has 2 aromatic heterocycles. The second kappa shape index (κ2) is 13.0. The van der Waals surface area contributed by atoms with Gasteiger partial charge in [-0.05, 0) is 57.7 Å². The number of halogens is 2. The third-order valence-electron chi connectivity index (χ3n) is 8.56. The number of ether oxygens (including phenoxy) is 1. The van der Waals surface area contributed by atoms with E-state index in [0.29, 0.717) is 42.0 Å². The highest BCUT2D eigenvalue weighted by Gasteiger charge is 2.39. The van der Waals surface area contributed by atoms with Crippen molar-refractivity contribution in [2.24, 2.45) is 0 Å². The van der Waals surface area contributed by atoms with Crippen molar-refractivity contribution in [1.82, 2.24) is 30.3 Å². The lowest BCUT2D eigenvalue weighted by Crippen LogP contribution is -2.45. The fraction of sp³-hybridized carbons (Fsp3) is 0.576. The Labute approximate surface area is 273 Å². The summed E-state index contributed by atoms with van der Waals surface area (Å²) in [4.78, 5) is 45.2. The summed E-state index contributed by atoms with van der Waals surface area (Å²) < 4.78 is 40.0. The Hall–Kier alpha value is -4.36. The molecule has 0 radical (unpaired) electrons. The number of carbonyl (C=O) groups excluding carboxylic acids is 2. The van der Waals surface area contributed by atoms with E-state index in [4.69, 9.17) is 9.26 Å². The fourth-order valence-corrected chi connectivity index (χ4v) is 5.91. The Bertz CT molecular complexity index is 1590. The molecular weight excluding hydrogens is 610 g/mol. The standard InChI is InChI=1S/C33H44F2N8O4/c1-19-13-22(25(35)14-24(19)34)23-17-43(18-26(23)38-31(45)46-33(5,6)7)29-36-15-20(16-37-29)27(44)41(8)21-9-11-42(12-10-21)30-39-28(40-47-30)32(2,3)4/h13-16,21,23,26H,9-12,17-18H2,1-8H3,(H,38,45)/t23-,26+/m1/s1. The van der Waals surface area contributed by atoms with E-state index in [9.17, 15) is 14.0 Å². The number of benzene rings is 1. The van der Waals surface area contributed by atoms with E-state index >= 15 is 4.39 Å². The number of aryl methyl sites for hydroxylation is 1. The molecule has 254 valence electrons. The monoisotopic (exact) mass is 654 g/mol. The highest BCUT2D eigenvalue weighted by atomic mass is 19.1. The molecule has 3 aromatic rings. The Morgan fingerprint density at radius 2 is 1.66 bits per heavy atom. The van der Waals surface area contributed by atoms with Gasteiger partial charge in [-0.25, -0.2) is 23.5 Å². The molecule has 1 N–H and O–H groups in total. The van der Waals surface area contributed by atoms with Crippen LogP contribution in [0.25, 0.3) is 0 Å². The molecule has 0 bridgehead atoms. The number of carbonyl (C=O) groups is 2. The van der Waals surface area contributed by atoms with E-state index in [-0.39, 0.29) is 36.0 Å². The van der Waals surface area contributed by atoms with Crippen LogP contribution in [0, 0.1) is 18.6 Å². The van der Waals surface area contributed by atoms with Gasteiger partial charge in [0.15, 0.2) is 5.82 Å². The number of rotatable bonds is 6. The van der Waals surface area contributed by atoms with Gasteiger partial charge in [0.1, 0.15) is 17.2 Å². The van der Waals surface area contributed by atoms with Gasteiger partial charge in [0, 0.05) is 69.1 Å². The first kappa shape index (κ1) is 34.0. The molecule has 0 spiro atoms. The van der Waals surface area contributed by atoms with Crippen LogP contribution >= 0.6 is 0 Å². The molecular formula is C33H44F2N8O4. The lowest BCUT2D eigenvalue weighted by atomic mass is 9.92. The van der Waals surface area contributed by atoms with Crippen molar-refractivity contribution in [3.05, 3.63) is 58.7 Å². The van der Waals surface area contributed by atoms with Crippen LogP contribution in [0.1, 0.15) is 87.6 Å². The van der Waals surface area contributed by atoms with Crippen LogP contribution in [0.5, 0.6) is 0 Å². The lowest BCUT2D eigenvalue weighted by molar-refractivity contribution is 0.0504. The summed E-state index contributed by atoms with van der Waals surface area (Å²) in [7, 11) is 1.78. The molecule has 2 atom stereocenters. The zero-order valence-electron chi connectivity index (χ0n) is 28.3. The first-order chi connectivity index (χ1) is 22.0. The van der Waals surface area contributed by atoms with Crippen LogP contribution in [0.15, 0.2) is 29.0 Å². The molecule has 2 amide bonds. The first-order valence-electron chi connectivity index (χ1n) is 15.9. The molecule has 47 heavy (non-hydrogen) atoms. The molecule has 1 aromatic carbocycles. The van der Waals surface area contributed by atoms with Crippen LogP contribution < -0.4 is 15.1 Å². The molecule has 0 unspecified atom stereocenters. The highest BCUT2D eigenvalue weighted by Crippen LogP contribution is 2.33. The summed E-state index contributed by atoms with van der Waals surface area (Å²) >= 11 is 0. The Kier molecular flexibility index (Phi) is 9.43. The maximum atomic E-state index is 15.0. The zero-order chi connectivity index (χ0) is 34.3. The summed E-state index contributed by atoms with van der Waals surface area (Å²) in [6, 6.07) is 2.27. The van der Waals surface area contributed by atoms with Gasteiger partial charge < -0.3 is 29.3 Å². The number of aromatic nitrogens is 4. The maximum absolute atomic E-state index is 15.0. The van der Waals surface area contributed by atoms with Crippen molar-refractivity contribution in [1.29, 1.82) is 0 Å².